The Labute approximate surface area is 83.5 Å². The summed E-state index contributed by atoms with van der Waals surface area (Å²) in [7, 11) is 0. The maximum Gasteiger partial charge on any atom is 0.223 e. The summed E-state index contributed by atoms with van der Waals surface area (Å²) in [6.07, 6.45) is 5.62. The molecule has 1 N–H and O–H groups in total. The van der Waals surface area contributed by atoms with Gasteiger partial charge >= 0.3 is 0 Å². The highest BCUT2D eigenvalue weighted by atomic mass is 16.2. The Kier molecular flexibility index (Phi) is 2.48. The molecule has 0 bridgehead atoms. The SMILES string of the molecule is CC(NC(=O)C1CC1)c1cccnc1. The van der Waals surface area contributed by atoms with Crippen molar-refractivity contribution in [1.29, 1.82) is 0 Å². The molecule has 1 amide bonds. The number of rotatable bonds is 3. The highest BCUT2D eigenvalue weighted by molar-refractivity contribution is 5.81. The molecule has 3 nitrogen and oxygen atoms in total. The standard InChI is InChI=1S/C11H14N2O/c1-8(10-3-2-6-12-7-10)13-11(14)9-4-5-9/h2-3,6-9H,4-5H2,1H3,(H,13,14). The van der Waals surface area contributed by atoms with Crippen molar-refractivity contribution in [3.63, 3.8) is 0 Å². The predicted molar refractivity (Wildman–Crippen MR) is 53.5 cm³/mol. The second-order valence-corrected chi connectivity index (χ2v) is 3.79. The van der Waals surface area contributed by atoms with Gasteiger partial charge in [0.25, 0.3) is 0 Å². The quantitative estimate of drug-likeness (QED) is 0.787. The molecule has 1 aliphatic rings. The van der Waals surface area contributed by atoms with Gasteiger partial charge in [0.05, 0.1) is 6.04 Å². The van der Waals surface area contributed by atoms with Crippen molar-refractivity contribution < 1.29 is 4.79 Å². The summed E-state index contributed by atoms with van der Waals surface area (Å²) in [6, 6.07) is 3.93. The van der Waals surface area contributed by atoms with Crippen LogP contribution in [0.25, 0.3) is 0 Å². The number of hydrogen-bond donors (Lipinski definition) is 1. The van der Waals surface area contributed by atoms with Gasteiger partial charge in [0, 0.05) is 18.3 Å². The van der Waals surface area contributed by atoms with Gasteiger partial charge in [-0.15, -0.1) is 0 Å². The van der Waals surface area contributed by atoms with Gasteiger partial charge in [0.2, 0.25) is 5.91 Å². The van der Waals surface area contributed by atoms with Crippen molar-refractivity contribution >= 4 is 5.91 Å². The topological polar surface area (TPSA) is 42.0 Å². The van der Waals surface area contributed by atoms with Crippen molar-refractivity contribution in [2.24, 2.45) is 5.92 Å². The van der Waals surface area contributed by atoms with E-state index in [0.717, 1.165) is 18.4 Å². The van der Waals surface area contributed by atoms with Crippen LogP contribution in [-0.4, -0.2) is 10.9 Å². The van der Waals surface area contributed by atoms with E-state index < -0.39 is 0 Å². The van der Waals surface area contributed by atoms with Crippen LogP contribution in [0, 0.1) is 5.92 Å². The van der Waals surface area contributed by atoms with Crippen molar-refractivity contribution in [1.82, 2.24) is 10.3 Å². The van der Waals surface area contributed by atoms with E-state index in [1.54, 1.807) is 12.4 Å². The third-order valence-electron chi connectivity index (χ3n) is 2.49. The minimum absolute atomic E-state index is 0.0665. The maximum atomic E-state index is 11.5. The number of carbonyl (C=O) groups excluding carboxylic acids is 1. The molecule has 2 rings (SSSR count). The van der Waals surface area contributed by atoms with Crippen molar-refractivity contribution in [3.8, 4) is 0 Å². The first-order chi connectivity index (χ1) is 6.77. The molecule has 0 radical (unpaired) electrons. The molecule has 1 aromatic heterocycles. The van der Waals surface area contributed by atoms with E-state index in [1.165, 1.54) is 0 Å². The van der Waals surface area contributed by atoms with Crippen LogP contribution in [0.5, 0.6) is 0 Å². The molecule has 1 aliphatic carbocycles. The molecule has 0 aromatic carbocycles. The third-order valence-corrected chi connectivity index (χ3v) is 2.49. The van der Waals surface area contributed by atoms with Gasteiger partial charge in [-0.25, -0.2) is 0 Å². The Morgan fingerprint density at radius 1 is 1.64 bits per heavy atom. The fraction of sp³-hybridized carbons (Fsp3) is 0.455. The van der Waals surface area contributed by atoms with Crippen LogP contribution >= 0.6 is 0 Å². The average molecular weight is 190 g/mol. The highest BCUT2D eigenvalue weighted by Crippen LogP contribution is 2.29. The molecule has 3 heteroatoms. The fourth-order valence-corrected chi connectivity index (χ4v) is 1.39. The van der Waals surface area contributed by atoms with Gasteiger partial charge in [-0.05, 0) is 31.4 Å². The first kappa shape index (κ1) is 9.19. The van der Waals surface area contributed by atoms with Gasteiger partial charge in [-0.1, -0.05) is 6.07 Å². The normalized spacial score (nSPS) is 17.5. The van der Waals surface area contributed by atoms with Crippen molar-refractivity contribution in [3.05, 3.63) is 30.1 Å². The smallest absolute Gasteiger partial charge is 0.223 e. The molecule has 1 heterocycles. The fourth-order valence-electron chi connectivity index (χ4n) is 1.39. The van der Waals surface area contributed by atoms with Crippen LogP contribution in [-0.2, 0) is 4.79 Å². The van der Waals surface area contributed by atoms with E-state index in [9.17, 15) is 4.79 Å². The van der Waals surface area contributed by atoms with Crippen LogP contribution in [0.15, 0.2) is 24.5 Å². The lowest BCUT2D eigenvalue weighted by molar-refractivity contribution is -0.122. The highest BCUT2D eigenvalue weighted by Gasteiger charge is 2.30. The Hall–Kier alpha value is -1.38. The molecule has 1 fully saturated rings. The zero-order chi connectivity index (χ0) is 9.97. The maximum absolute atomic E-state index is 11.5. The molecular weight excluding hydrogens is 176 g/mol. The minimum Gasteiger partial charge on any atom is -0.349 e. The zero-order valence-electron chi connectivity index (χ0n) is 8.23. The molecule has 0 aliphatic heterocycles. The molecule has 0 saturated heterocycles. The van der Waals surface area contributed by atoms with Crippen LogP contribution in [0.2, 0.25) is 0 Å². The third kappa shape index (κ3) is 2.10. The van der Waals surface area contributed by atoms with Crippen molar-refractivity contribution in [2.45, 2.75) is 25.8 Å². The van der Waals surface area contributed by atoms with Gasteiger partial charge < -0.3 is 5.32 Å². The van der Waals surface area contributed by atoms with Crippen LogP contribution in [0.1, 0.15) is 31.4 Å². The first-order valence-corrected chi connectivity index (χ1v) is 4.97. The van der Waals surface area contributed by atoms with E-state index in [2.05, 4.69) is 10.3 Å². The van der Waals surface area contributed by atoms with E-state index in [4.69, 9.17) is 0 Å². The lowest BCUT2D eigenvalue weighted by Gasteiger charge is -2.13. The van der Waals surface area contributed by atoms with Gasteiger partial charge in [-0.3, -0.25) is 9.78 Å². The van der Waals surface area contributed by atoms with Crippen LogP contribution < -0.4 is 5.32 Å². The molecule has 1 atom stereocenters. The van der Waals surface area contributed by atoms with Gasteiger partial charge in [0.15, 0.2) is 0 Å². The van der Waals surface area contributed by atoms with E-state index in [1.807, 2.05) is 19.1 Å². The number of amides is 1. The first-order valence-electron chi connectivity index (χ1n) is 4.97. The Morgan fingerprint density at radius 2 is 2.43 bits per heavy atom. The van der Waals surface area contributed by atoms with Crippen LogP contribution in [0.4, 0.5) is 0 Å². The molecule has 1 aromatic rings. The average Bonchev–Trinajstić information content (AvgIpc) is 3.02. The lowest BCUT2D eigenvalue weighted by Crippen LogP contribution is -2.27. The van der Waals surface area contributed by atoms with E-state index >= 15 is 0 Å². The summed E-state index contributed by atoms with van der Waals surface area (Å²) in [5, 5.41) is 2.98. The summed E-state index contributed by atoms with van der Waals surface area (Å²) in [6.45, 7) is 1.98. The minimum atomic E-state index is 0.0665. The number of hydrogen-bond acceptors (Lipinski definition) is 2. The number of nitrogens with one attached hydrogen (secondary N) is 1. The Morgan fingerprint density at radius 3 is 3.00 bits per heavy atom. The number of aromatic nitrogens is 1. The summed E-state index contributed by atoms with van der Waals surface area (Å²) < 4.78 is 0. The number of nitrogens with zero attached hydrogens (tertiary/aromatic N) is 1. The Bertz CT molecular complexity index is 319. The predicted octanol–water partition coefficient (Wildman–Crippen LogP) is 1.67. The van der Waals surface area contributed by atoms with E-state index in [-0.39, 0.29) is 17.9 Å². The summed E-state index contributed by atoms with van der Waals surface area (Å²) in [5.74, 6) is 0.454. The number of carbonyl (C=O) groups is 1. The van der Waals surface area contributed by atoms with Gasteiger partial charge in [0.1, 0.15) is 0 Å². The molecule has 0 spiro atoms. The molecule has 14 heavy (non-hydrogen) atoms. The second-order valence-electron chi connectivity index (χ2n) is 3.79. The molecule has 1 saturated carbocycles. The van der Waals surface area contributed by atoms with Crippen molar-refractivity contribution in [2.75, 3.05) is 0 Å². The summed E-state index contributed by atoms with van der Waals surface area (Å²) >= 11 is 0. The van der Waals surface area contributed by atoms with E-state index in [0.29, 0.717) is 0 Å². The zero-order valence-corrected chi connectivity index (χ0v) is 8.23. The molecule has 1 unspecified atom stereocenters. The second kappa shape index (κ2) is 3.78. The number of pyridine rings is 1. The monoisotopic (exact) mass is 190 g/mol. The molecular formula is C11H14N2O. The summed E-state index contributed by atoms with van der Waals surface area (Å²) in [5.41, 5.74) is 1.06. The molecule has 74 valence electrons. The lowest BCUT2D eigenvalue weighted by atomic mass is 10.1. The van der Waals surface area contributed by atoms with Gasteiger partial charge in [-0.2, -0.15) is 0 Å². The summed E-state index contributed by atoms with van der Waals surface area (Å²) in [4.78, 5) is 15.5. The largest absolute Gasteiger partial charge is 0.349 e. The Balaban J connectivity index is 1.95. The van der Waals surface area contributed by atoms with Crippen LogP contribution in [0.3, 0.4) is 0 Å².